The van der Waals surface area contributed by atoms with Crippen molar-refractivity contribution in [3.8, 4) is 0 Å². The molecule has 1 aliphatic carbocycles. The molecule has 2 fully saturated rings. The number of halogens is 3. The lowest BCUT2D eigenvalue weighted by atomic mass is 9.80. The zero-order valence-corrected chi connectivity index (χ0v) is 19.3. The van der Waals surface area contributed by atoms with Crippen LogP contribution in [0.5, 0.6) is 0 Å². The first-order valence-electron chi connectivity index (χ1n) is 11.9. The van der Waals surface area contributed by atoms with Crippen molar-refractivity contribution in [1.29, 1.82) is 0 Å². The molecule has 0 aromatic heterocycles. The number of hydrogen-bond donors (Lipinski definition) is 1. The molecular weight excluding hydrogens is 433 g/mol. The maximum absolute atomic E-state index is 13.1. The summed E-state index contributed by atoms with van der Waals surface area (Å²) in [5.74, 6) is -2.47. The first-order chi connectivity index (χ1) is 15.6. The minimum Gasteiger partial charge on any atom is -0.342 e. The van der Waals surface area contributed by atoms with Crippen LogP contribution in [0.1, 0.15) is 80.6 Å². The van der Waals surface area contributed by atoms with Gasteiger partial charge in [-0.1, -0.05) is 45.2 Å². The number of Topliss-reactive ketones (excluding diaryl/α,β-unsaturated/α-hetero) is 1. The number of nitrogens with one attached hydrogen (secondary N) is 1. The molecule has 3 rings (SSSR count). The van der Waals surface area contributed by atoms with Crippen molar-refractivity contribution >= 4 is 17.6 Å². The van der Waals surface area contributed by atoms with Crippen LogP contribution in [-0.2, 0) is 9.59 Å². The van der Waals surface area contributed by atoms with Gasteiger partial charge in [-0.05, 0) is 49.3 Å². The molecule has 1 N–H and O–H groups in total. The third kappa shape index (κ3) is 6.36. The van der Waals surface area contributed by atoms with Gasteiger partial charge in [0, 0.05) is 30.5 Å². The van der Waals surface area contributed by atoms with E-state index in [0.29, 0.717) is 18.4 Å². The van der Waals surface area contributed by atoms with E-state index in [-0.39, 0.29) is 42.5 Å². The Morgan fingerprint density at radius 1 is 1.03 bits per heavy atom. The minimum absolute atomic E-state index is 0.0278. The van der Waals surface area contributed by atoms with Gasteiger partial charge in [-0.3, -0.25) is 14.4 Å². The lowest BCUT2D eigenvalue weighted by molar-refractivity contribution is -0.186. The van der Waals surface area contributed by atoms with Crippen molar-refractivity contribution in [2.45, 2.75) is 76.9 Å². The summed E-state index contributed by atoms with van der Waals surface area (Å²) >= 11 is 0. The summed E-state index contributed by atoms with van der Waals surface area (Å²) in [5, 5.41) is 2.96. The second kappa shape index (κ2) is 10.7. The van der Waals surface area contributed by atoms with Gasteiger partial charge in [0.15, 0.2) is 5.78 Å². The number of carbonyl (C=O) groups excluding carboxylic acids is 3. The highest BCUT2D eigenvalue weighted by atomic mass is 19.4. The summed E-state index contributed by atoms with van der Waals surface area (Å²) in [6, 6.07) is 6.28. The van der Waals surface area contributed by atoms with Gasteiger partial charge in [0.1, 0.15) is 0 Å². The highest BCUT2D eigenvalue weighted by Crippen LogP contribution is 2.31. The monoisotopic (exact) mass is 466 g/mol. The maximum Gasteiger partial charge on any atom is 0.471 e. The van der Waals surface area contributed by atoms with E-state index < -0.39 is 18.1 Å². The van der Waals surface area contributed by atoms with Crippen LogP contribution in [0.25, 0.3) is 0 Å². The molecule has 8 heteroatoms. The van der Waals surface area contributed by atoms with Crippen LogP contribution in [-0.4, -0.2) is 47.8 Å². The van der Waals surface area contributed by atoms with Crippen LogP contribution < -0.4 is 5.32 Å². The van der Waals surface area contributed by atoms with Gasteiger partial charge in [-0.25, -0.2) is 0 Å². The van der Waals surface area contributed by atoms with Gasteiger partial charge < -0.3 is 10.2 Å². The molecule has 33 heavy (non-hydrogen) atoms. The van der Waals surface area contributed by atoms with E-state index in [9.17, 15) is 27.6 Å². The Hall–Kier alpha value is -2.38. The summed E-state index contributed by atoms with van der Waals surface area (Å²) in [6.45, 7) is 3.72. The van der Waals surface area contributed by atoms with Crippen LogP contribution in [0, 0.1) is 11.8 Å². The molecule has 1 heterocycles. The largest absolute Gasteiger partial charge is 0.471 e. The second-order valence-electron chi connectivity index (χ2n) is 9.62. The molecule has 0 spiro atoms. The first-order valence-corrected chi connectivity index (χ1v) is 11.9. The van der Waals surface area contributed by atoms with Crippen molar-refractivity contribution in [1.82, 2.24) is 10.2 Å². The highest BCUT2D eigenvalue weighted by molar-refractivity contribution is 5.98. The van der Waals surface area contributed by atoms with Crippen molar-refractivity contribution in [2.75, 3.05) is 13.1 Å². The summed E-state index contributed by atoms with van der Waals surface area (Å²) in [7, 11) is 0. The summed E-state index contributed by atoms with van der Waals surface area (Å²) in [4.78, 5) is 38.5. The van der Waals surface area contributed by atoms with E-state index in [1.54, 1.807) is 24.3 Å². The fourth-order valence-electron chi connectivity index (χ4n) is 5.02. The Labute approximate surface area is 193 Å². The molecule has 1 saturated heterocycles. The topological polar surface area (TPSA) is 66.5 Å². The number of carbonyl (C=O) groups is 3. The predicted molar refractivity (Wildman–Crippen MR) is 119 cm³/mol. The number of benzene rings is 1. The van der Waals surface area contributed by atoms with Crippen LogP contribution in [0.15, 0.2) is 24.3 Å². The number of rotatable bonds is 6. The molecule has 2 atom stereocenters. The molecule has 1 aromatic rings. The second-order valence-corrected chi connectivity index (χ2v) is 9.62. The molecule has 2 aliphatic rings. The molecule has 1 aliphatic heterocycles. The van der Waals surface area contributed by atoms with E-state index in [1.165, 1.54) is 0 Å². The molecule has 1 saturated carbocycles. The van der Waals surface area contributed by atoms with E-state index >= 15 is 0 Å². The Balaban J connectivity index is 1.74. The van der Waals surface area contributed by atoms with Gasteiger partial charge in [-0.2, -0.15) is 13.2 Å². The zero-order valence-electron chi connectivity index (χ0n) is 19.3. The highest BCUT2D eigenvalue weighted by Gasteiger charge is 2.43. The van der Waals surface area contributed by atoms with Gasteiger partial charge in [-0.15, -0.1) is 0 Å². The molecule has 5 nitrogen and oxygen atoms in total. The fourth-order valence-corrected chi connectivity index (χ4v) is 5.02. The number of piperidine rings is 1. The van der Waals surface area contributed by atoms with Crippen molar-refractivity contribution in [3.05, 3.63) is 35.4 Å². The Morgan fingerprint density at radius 3 is 2.36 bits per heavy atom. The third-order valence-electron chi connectivity index (χ3n) is 6.85. The predicted octanol–water partition coefficient (Wildman–Crippen LogP) is 4.86. The van der Waals surface area contributed by atoms with Crippen LogP contribution >= 0.6 is 0 Å². The SMILES string of the molecule is CC(C)C(=O)C(NC(=O)c1cccc(C2CCCN(C(=O)C(F)(F)F)C2)c1)C1CCCCC1. The van der Waals surface area contributed by atoms with Crippen molar-refractivity contribution in [3.63, 3.8) is 0 Å². The first kappa shape index (κ1) is 25.2. The average Bonchev–Trinajstić information content (AvgIpc) is 2.81. The van der Waals surface area contributed by atoms with Crippen LogP contribution in [0.2, 0.25) is 0 Å². The lowest BCUT2D eigenvalue weighted by Crippen LogP contribution is -2.48. The number of nitrogens with zero attached hydrogens (tertiary/aromatic N) is 1. The quantitative estimate of drug-likeness (QED) is 0.651. The smallest absolute Gasteiger partial charge is 0.342 e. The van der Waals surface area contributed by atoms with Gasteiger partial charge >= 0.3 is 12.1 Å². The lowest BCUT2D eigenvalue weighted by Gasteiger charge is -2.33. The summed E-state index contributed by atoms with van der Waals surface area (Å²) in [6.07, 6.45) is 1.28. The minimum atomic E-state index is -4.89. The van der Waals surface area contributed by atoms with Gasteiger partial charge in [0.05, 0.1) is 6.04 Å². The van der Waals surface area contributed by atoms with Crippen LogP contribution in [0.3, 0.4) is 0 Å². The summed E-state index contributed by atoms with van der Waals surface area (Å²) in [5.41, 5.74) is 1.11. The molecule has 1 aromatic carbocycles. The zero-order chi connectivity index (χ0) is 24.2. The fraction of sp³-hybridized carbons (Fsp3) is 0.640. The number of likely N-dealkylation sites (tertiary alicyclic amines) is 1. The molecule has 182 valence electrons. The summed E-state index contributed by atoms with van der Waals surface area (Å²) < 4.78 is 38.6. The third-order valence-corrected chi connectivity index (χ3v) is 6.85. The standard InChI is InChI=1S/C25H33F3N2O3/c1-16(2)22(31)21(17-8-4-3-5-9-17)29-23(32)19-11-6-10-18(14-19)20-12-7-13-30(15-20)24(33)25(26,27)28/h6,10-11,14,16-17,20-21H,3-5,7-9,12-13,15H2,1-2H3,(H,29,32). The van der Waals surface area contributed by atoms with Crippen LogP contribution in [0.4, 0.5) is 13.2 Å². The van der Waals surface area contributed by atoms with Gasteiger partial charge in [0.2, 0.25) is 0 Å². The Morgan fingerprint density at radius 2 is 1.73 bits per heavy atom. The van der Waals surface area contributed by atoms with E-state index in [4.69, 9.17) is 0 Å². The molecule has 2 unspecified atom stereocenters. The number of ketones is 1. The number of hydrogen-bond acceptors (Lipinski definition) is 3. The molecular formula is C25H33F3N2O3. The number of amides is 2. The van der Waals surface area contributed by atoms with E-state index in [2.05, 4.69) is 5.32 Å². The maximum atomic E-state index is 13.1. The molecule has 0 bridgehead atoms. The Kier molecular flexibility index (Phi) is 8.19. The van der Waals surface area contributed by atoms with Gasteiger partial charge in [0.25, 0.3) is 5.91 Å². The normalized spacial score (nSPS) is 21.0. The van der Waals surface area contributed by atoms with Crippen molar-refractivity contribution in [2.24, 2.45) is 11.8 Å². The Bertz CT molecular complexity index is 863. The van der Waals surface area contributed by atoms with E-state index in [1.807, 2.05) is 13.8 Å². The number of alkyl halides is 3. The molecule has 2 amide bonds. The van der Waals surface area contributed by atoms with Crippen molar-refractivity contribution < 1.29 is 27.6 Å². The molecule has 0 radical (unpaired) electrons. The average molecular weight is 467 g/mol. The van der Waals surface area contributed by atoms with E-state index in [0.717, 1.165) is 42.6 Å².